The van der Waals surface area contributed by atoms with Crippen molar-refractivity contribution < 1.29 is 9.47 Å². The van der Waals surface area contributed by atoms with E-state index in [9.17, 15) is 0 Å². The zero-order valence-electron chi connectivity index (χ0n) is 11.7. The topological polar surface area (TPSA) is 30.5 Å². The van der Waals surface area contributed by atoms with Gasteiger partial charge in [-0.25, -0.2) is 0 Å². The number of methoxy groups -OCH3 is 2. The molecule has 7 heteroatoms. The first-order valence-corrected chi connectivity index (χ1v) is 8.04. The van der Waals surface area contributed by atoms with E-state index in [0.717, 1.165) is 11.3 Å². The Hall–Kier alpha value is -0.810. The van der Waals surface area contributed by atoms with Gasteiger partial charge in [0.25, 0.3) is 0 Å². The standard InChI is InChI=1S/C14H14Cl3NO2S/c1-7(8-4-13(16)21-14(8)17)18-10-6-11(19-2)9(15)5-12(10)20-3/h4-7,18H,1-3H3. The lowest BCUT2D eigenvalue weighted by Gasteiger charge is -2.18. The third kappa shape index (κ3) is 3.69. The highest BCUT2D eigenvalue weighted by Gasteiger charge is 2.16. The predicted molar refractivity (Wildman–Crippen MR) is 90.9 cm³/mol. The minimum atomic E-state index is -0.0407. The predicted octanol–water partition coefficient (Wildman–Crippen LogP) is 5.90. The summed E-state index contributed by atoms with van der Waals surface area (Å²) in [6.07, 6.45) is 0. The number of thiophene rings is 1. The Labute approximate surface area is 142 Å². The van der Waals surface area contributed by atoms with Crippen LogP contribution in [0.1, 0.15) is 18.5 Å². The van der Waals surface area contributed by atoms with Crippen molar-refractivity contribution in [2.24, 2.45) is 0 Å². The van der Waals surface area contributed by atoms with Crippen LogP contribution in [-0.2, 0) is 0 Å². The molecule has 1 atom stereocenters. The maximum Gasteiger partial charge on any atom is 0.143 e. The molecule has 21 heavy (non-hydrogen) atoms. The number of rotatable bonds is 5. The molecule has 2 aromatic rings. The molecule has 1 aromatic heterocycles. The maximum atomic E-state index is 6.18. The minimum Gasteiger partial charge on any atom is -0.495 e. The number of hydrogen-bond acceptors (Lipinski definition) is 4. The summed E-state index contributed by atoms with van der Waals surface area (Å²) in [7, 11) is 3.15. The highest BCUT2D eigenvalue weighted by atomic mass is 35.5. The average Bonchev–Trinajstić information content (AvgIpc) is 2.79. The molecule has 0 bridgehead atoms. The van der Waals surface area contributed by atoms with E-state index in [1.165, 1.54) is 11.3 Å². The molecular formula is C14H14Cl3NO2S. The Morgan fingerprint density at radius 2 is 1.71 bits per heavy atom. The molecule has 0 amide bonds. The van der Waals surface area contributed by atoms with Crippen molar-refractivity contribution in [2.75, 3.05) is 19.5 Å². The summed E-state index contributed by atoms with van der Waals surface area (Å²) in [6.45, 7) is 1.99. The van der Waals surface area contributed by atoms with Crippen LogP contribution < -0.4 is 14.8 Å². The Bertz CT molecular complexity index is 645. The number of ether oxygens (including phenoxy) is 2. The third-order valence-corrected chi connectivity index (χ3v) is 4.81. The van der Waals surface area contributed by atoms with Crippen LogP contribution >= 0.6 is 46.1 Å². The minimum absolute atomic E-state index is 0.0407. The number of anilines is 1. The van der Waals surface area contributed by atoms with Crippen LogP contribution in [0, 0.1) is 0 Å². The monoisotopic (exact) mass is 365 g/mol. The van der Waals surface area contributed by atoms with Gasteiger partial charge in [0.1, 0.15) is 11.5 Å². The summed E-state index contributed by atoms with van der Waals surface area (Å²) in [5.41, 5.74) is 1.70. The first kappa shape index (κ1) is 16.6. The Balaban J connectivity index is 2.32. The Kier molecular flexibility index (Phi) is 5.49. The molecule has 0 saturated carbocycles. The van der Waals surface area contributed by atoms with E-state index in [1.54, 1.807) is 26.4 Å². The van der Waals surface area contributed by atoms with Crippen LogP contribution in [0.4, 0.5) is 5.69 Å². The van der Waals surface area contributed by atoms with E-state index < -0.39 is 0 Å². The van der Waals surface area contributed by atoms with Gasteiger partial charge in [-0.15, -0.1) is 11.3 Å². The molecule has 1 heterocycles. The van der Waals surface area contributed by atoms with E-state index in [0.29, 0.717) is 25.2 Å². The fraction of sp³-hybridized carbons (Fsp3) is 0.286. The second kappa shape index (κ2) is 6.97. The molecule has 2 rings (SSSR count). The zero-order valence-corrected chi connectivity index (χ0v) is 14.8. The summed E-state index contributed by atoms with van der Waals surface area (Å²) in [5.74, 6) is 1.20. The lowest BCUT2D eigenvalue weighted by Crippen LogP contribution is -2.07. The summed E-state index contributed by atoms with van der Waals surface area (Å²) in [6, 6.07) is 5.31. The van der Waals surface area contributed by atoms with Crippen molar-refractivity contribution in [1.82, 2.24) is 0 Å². The average molecular weight is 367 g/mol. The summed E-state index contributed by atoms with van der Waals surface area (Å²) in [5, 5.41) is 3.82. The molecule has 0 radical (unpaired) electrons. The van der Waals surface area contributed by atoms with Crippen molar-refractivity contribution in [1.29, 1.82) is 0 Å². The molecule has 0 aliphatic heterocycles. The van der Waals surface area contributed by atoms with Gasteiger partial charge in [0.2, 0.25) is 0 Å². The van der Waals surface area contributed by atoms with Crippen LogP contribution in [0.15, 0.2) is 18.2 Å². The smallest absolute Gasteiger partial charge is 0.143 e. The Morgan fingerprint density at radius 3 is 2.24 bits per heavy atom. The molecule has 1 unspecified atom stereocenters. The van der Waals surface area contributed by atoms with Crippen molar-refractivity contribution in [2.45, 2.75) is 13.0 Å². The lowest BCUT2D eigenvalue weighted by molar-refractivity contribution is 0.404. The first-order chi connectivity index (χ1) is 9.96. The maximum absolute atomic E-state index is 6.18. The molecule has 1 N–H and O–H groups in total. The third-order valence-electron chi connectivity index (χ3n) is 3.00. The van der Waals surface area contributed by atoms with Crippen LogP contribution in [0.25, 0.3) is 0 Å². The highest BCUT2D eigenvalue weighted by Crippen LogP contribution is 2.40. The zero-order chi connectivity index (χ0) is 15.6. The van der Waals surface area contributed by atoms with Gasteiger partial charge in [-0.3, -0.25) is 0 Å². The van der Waals surface area contributed by atoms with Gasteiger partial charge in [-0.05, 0) is 13.0 Å². The molecule has 0 aliphatic rings. The number of benzene rings is 1. The van der Waals surface area contributed by atoms with Crippen LogP contribution in [0.5, 0.6) is 11.5 Å². The Morgan fingerprint density at radius 1 is 1.05 bits per heavy atom. The fourth-order valence-electron chi connectivity index (χ4n) is 1.93. The van der Waals surface area contributed by atoms with Gasteiger partial charge in [0.05, 0.1) is 39.6 Å². The van der Waals surface area contributed by atoms with Crippen LogP contribution in [0.3, 0.4) is 0 Å². The van der Waals surface area contributed by atoms with Crippen LogP contribution in [-0.4, -0.2) is 14.2 Å². The van der Waals surface area contributed by atoms with Crippen molar-refractivity contribution in [3.8, 4) is 11.5 Å². The molecule has 1 aromatic carbocycles. The molecule has 3 nitrogen and oxygen atoms in total. The molecule has 0 aliphatic carbocycles. The molecule has 114 valence electrons. The van der Waals surface area contributed by atoms with E-state index in [4.69, 9.17) is 44.3 Å². The van der Waals surface area contributed by atoms with E-state index in [2.05, 4.69) is 5.32 Å². The summed E-state index contributed by atoms with van der Waals surface area (Å²) < 4.78 is 11.9. The van der Waals surface area contributed by atoms with Gasteiger partial charge < -0.3 is 14.8 Å². The highest BCUT2D eigenvalue weighted by molar-refractivity contribution is 7.20. The first-order valence-electron chi connectivity index (χ1n) is 6.09. The SMILES string of the molecule is COc1cc(NC(C)c2cc(Cl)sc2Cl)c(OC)cc1Cl. The molecule has 0 saturated heterocycles. The van der Waals surface area contributed by atoms with Gasteiger partial charge >= 0.3 is 0 Å². The normalized spacial score (nSPS) is 12.1. The van der Waals surface area contributed by atoms with E-state index >= 15 is 0 Å². The van der Waals surface area contributed by atoms with Crippen molar-refractivity contribution in [3.63, 3.8) is 0 Å². The second-order valence-electron chi connectivity index (χ2n) is 4.33. The lowest BCUT2D eigenvalue weighted by atomic mass is 10.1. The molecule has 0 spiro atoms. The van der Waals surface area contributed by atoms with Gasteiger partial charge in [0, 0.05) is 17.7 Å². The fourth-order valence-corrected chi connectivity index (χ4v) is 3.81. The molecule has 0 fully saturated rings. The number of nitrogens with one attached hydrogen (secondary N) is 1. The van der Waals surface area contributed by atoms with Crippen LogP contribution in [0.2, 0.25) is 13.7 Å². The van der Waals surface area contributed by atoms with Gasteiger partial charge in [-0.2, -0.15) is 0 Å². The van der Waals surface area contributed by atoms with E-state index in [-0.39, 0.29) is 6.04 Å². The second-order valence-corrected chi connectivity index (χ2v) is 7.03. The quantitative estimate of drug-likeness (QED) is 0.714. The van der Waals surface area contributed by atoms with Crippen molar-refractivity contribution >= 4 is 51.8 Å². The van der Waals surface area contributed by atoms with Crippen molar-refractivity contribution in [3.05, 3.63) is 37.5 Å². The summed E-state index contributed by atoms with van der Waals surface area (Å²) >= 11 is 19.6. The molecular weight excluding hydrogens is 353 g/mol. The number of hydrogen-bond donors (Lipinski definition) is 1. The largest absolute Gasteiger partial charge is 0.495 e. The van der Waals surface area contributed by atoms with Gasteiger partial charge in [-0.1, -0.05) is 34.8 Å². The van der Waals surface area contributed by atoms with E-state index in [1.807, 2.05) is 13.0 Å². The van der Waals surface area contributed by atoms with Gasteiger partial charge in [0.15, 0.2) is 0 Å². The number of halogens is 3. The summed E-state index contributed by atoms with van der Waals surface area (Å²) in [4.78, 5) is 0.